The molecule has 0 unspecified atom stereocenters. The van der Waals surface area contributed by atoms with Crippen molar-refractivity contribution in [2.24, 2.45) is 34.6 Å². The Bertz CT molecular complexity index is 2490. The van der Waals surface area contributed by atoms with Crippen molar-refractivity contribution in [3.63, 3.8) is 0 Å². The van der Waals surface area contributed by atoms with E-state index in [0.29, 0.717) is 22.8 Å². The van der Waals surface area contributed by atoms with Crippen molar-refractivity contribution in [2.45, 2.75) is 13.8 Å². The number of esters is 2. The van der Waals surface area contributed by atoms with Gasteiger partial charge in [-0.05, 0) is 38.1 Å². The van der Waals surface area contributed by atoms with E-state index in [1.807, 2.05) is 0 Å². The molecular weight excluding hydrogens is 724 g/mol. The highest BCUT2D eigenvalue weighted by atomic mass is 16.5. The Balaban J connectivity index is 1.20. The summed E-state index contributed by atoms with van der Waals surface area (Å²) in [6.45, 7) is 3.37. The van der Waals surface area contributed by atoms with Crippen LogP contribution in [0.3, 0.4) is 0 Å². The molecule has 0 spiro atoms. The monoisotopic (exact) mass is 756 g/mol. The molecule has 0 aliphatic heterocycles. The fourth-order valence-electron chi connectivity index (χ4n) is 5.64. The van der Waals surface area contributed by atoms with Crippen molar-refractivity contribution < 1.29 is 19.1 Å². The Morgan fingerprint density at radius 3 is 1.43 bits per heavy atom. The number of nitrogens with two attached hydrogens (primary N) is 2. The van der Waals surface area contributed by atoms with Gasteiger partial charge in [-0.15, -0.1) is 20.5 Å². The zero-order valence-electron chi connectivity index (χ0n) is 30.7. The van der Waals surface area contributed by atoms with Crippen molar-refractivity contribution in [2.75, 3.05) is 25.7 Å². The topological polar surface area (TPSA) is 277 Å². The summed E-state index contributed by atoms with van der Waals surface area (Å²) in [4.78, 5) is 43.1. The van der Waals surface area contributed by atoms with Gasteiger partial charge in [-0.1, -0.05) is 12.1 Å². The summed E-state index contributed by atoms with van der Waals surface area (Å²) in [5.74, 6) is -0.432. The van der Waals surface area contributed by atoms with Crippen LogP contribution in [0.5, 0.6) is 0 Å². The Labute approximate surface area is 316 Å². The number of nitrogens with zero attached hydrogens (tertiary/aromatic N) is 16. The van der Waals surface area contributed by atoms with E-state index >= 15 is 0 Å². The number of hydrogen-bond donors (Lipinski definition) is 2. The van der Waals surface area contributed by atoms with Crippen LogP contribution in [0.15, 0.2) is 81.6 Å². The van der Waals surface area contributed by atoms with Gasteiger partial charge < -0.3 is 20.9 Å². The standard InChI is InChI=1S/C34H32N18O4/c1-17-25(41-43-31-23(33(53)55-5)27(47-49(31)3)19-11-7-9-13-37-19)29(35)51(45-17)21-15-22(40-16-39-21)52-30(36)26(18(2)46-52)42-44-32-24(34(54)56-6)28(48-50(32)4)20-12-8-10-14-38-20/h7-16H,35-36H2,1-6H3/b43-41+,44-42+. The largest absolute Gasteiger partial charge is 0.465 e. The molecule has 7 aromatic rings. The van der Waals surface area contributed by atoms with Crippen LogP contribution in [0.4, 0.5) is 34.6 Å². The number of ether oxygens (including phenoxy) is 2. The van der Waals surface area contributed by atoms with Gasteiger partial charge >= 0.3 is 11.9 Å². The lowest BCUT2D eigenvalue weighted by atomic mass is 10.1. The minimum atomic E-state index is -0.669. The second-order valence-electron chi connectivity index (χ2n) is 11.9. The molecule has 0 saturated heterocycles. The molecule has 0 bridgehead atoms. The summed E-state index contributed by atoms with van der Waals surface area (Å²) in [6, 6.07) is 12.0. The number of nitrogen functional groups attached to an aromatic ring is 2. The molecule has 0 fully saturated rings. The summed E-state index contributed by atoms with van der Waals surface area (Å²) >= 11 is 0. The molecule has 0 amide bonds. The predicted octanol–water partition coefficient (Wildman–Crippen LogP) is 4.62. The molecule has 7 rings (SSSR count). The van der Waals surface area contributed by atoms with Gasteiger partial charge in [0.25, 0.3) is 0 Å². The Kier molecular flexibility index (Phi) is 9.58. The van der Waals surface area contributed by atoms with E-state index in [4.69, 9.17) is 20.9 Å². The first-order valence-electron chi connectivity index (χ1n) is 16.5. The average molecular weight is 757 g/mol. The Hall–Kier alpha value is -8.04. The quantitative estimate of drug-likeness (QED) is 0.142. The number of methoxy groups -OCH3 is 2. The zero-order chi connectivity index (χ0) is 39.7. The minimum Gasteiger partial charge on any atom is -0.465 e. The lowest BCUT2D eigenvalue weighted by molar-refractivity contribution is 0.0593. The maximum atomic E-state index is 12.9. The average Bonchev–Trinajstić information content (AvgIpc) is 3.91. The highest BCUT2D eigenvalue weighted by molar-refractivity contribution is 6.01. The molecule has 7 heterocycles. The van der Waals surface area contributed by atoms with Gasteiger partial charge in [0.1, 0.15) is 28.8 Å². The van der Waals surface area contributed by atoms with Gasteiger partial charge in [0.15, 0.2) is 46.3 Å². The highest BCUT2D eigenvalue weighted by Crippen LogP contribution is 2.36. The molecule has 56 heavy (non-hydrogen) atoms. The molecule has 282 valence electrons. The first-order chi connectivity index (χ1) is 27.0. The molecule has 22 heteroatoms. The zero-order valence-corrected chi connectivity index (χ0v) is 30.7. The van der Waals surface area contributed by atoms with Gasteiger partial charge in [-0.3, -0.25) is 9.97 Å². The maximum absolute atomic E-state index is 12.9. The number of carbonyl (C=O) groups excluding carboxylic acids is 2. The molecule has 0 aliphatic carbocycles. The van der Waals surface area contributed by atoms with Crippen LogP contribution in [0.25, 0.3) is 34.4 Å². The molecule has 22 nitrogen and oxygen atoms in total. The number of anilines is 2. The number of pyridine rings is 2. The van der Waals surface area contributed by atoms with E-state index in [1.54, 1.807) is 82.8 Å². The van der Waals surface area contributed by atoms with Crippen molar-refractivity contribution in [3.8, 4) is 34.4 Å². The number of rotatable bonds is 10. The smallest absolute Gasteiger partial charge is 0.344 e. The minimum absolute atomic E-state index is 0.0750. The normalized spacial score (nSPS) is 11.5. The van der Waals surface area contributed by atoms with Crippen LogP contribution >= 0.6 is 0 Å². The summed E-state index contributed by atoms with van der Waals surface area (Å²) in [5, 5.41) is 35.3. The van der Waals surface area contributed by atoms with E-state index in [9.17, 15) is 9.59 Å². The van der Waals surface area contributed by atoms with Crippen LogP contribution in [-0.4, -0.2) is 85.2 Å². The van der Waals surface area contributed by atoms with Crippen LogP contribution in [0.1, 0.15) is 32.1 Å². The lowest BCUT2D eigenvalue weighted by Gasteiger charge is -2.06. The third-order valence-corrected chi connectivity index (χ3v) is 8.32. The van der Waals surface area contributed by atoms with E-state index in [0.717, 1.165) is 0 Å². The van der Waals surface area contributed by atoms with Gasteiger partial charge in [-0.2, -0.15) is 29.8 Å². The molecular formula is C34H32N18O4. The second kappa shape index (κ2) is 14.8. The first-order valence-corrected chi connectivity index (χ1v) is 16.5. The Morgan fingerprint density at radius 2 is 1.05 bits per heavy atom. The number of aromatic nitrogens is 12. The third-order valence-electron chi connectivity index (χ3n) is 8.32. The number of aryl methyl sites for hydroxylation is 4. The highest BCUT2D eigenvalue weighted by Gasteiger charge is 2.28. The van der Waals surface area contributed by atoms with E-state index in [1.165, 1.54) is 39.3 Å². The van der Waals surface area contributed by atoms with E-state index in [-0.39, 0.29) is 68.8 Å². The fourth-order valence-corrected chi connectivity index (χ4v) is 5.64. The fraction of sp³-hybridized carbons (Fsp3) is 0.176. The van der Waals surface area contributed by atoms with Crippen LogP contribution < -0.4 is 11.5 Å². The summed E-state index contributed by atoms with van der Waals surface area (Å²) < 4.78 is 15.5. The van der Waals surface area contributed by atoms with Crippen molar-refractivity contribution in [1.82, 2.24) is 59.1 Å². The summed E-state index contributed by atoms with van der Waals surface area (Å²) in [7, 11) is 5.74. The summed E-state index contributed by atoms with van der Waals surface area (Å²) in [5.41, 5.74) is 15.9. The van der Waals surface area contributed by atoms with Crippen molar-refractivity contribution in [3.05, 3.63) is 83.7 Å². The van der Waals surface area contributed by atoms with E-state index in [2.05, 4.69) is 60.8 Å². The maximum Gasteiger partial charge on any atom is 0.344 e. The lowest BCUT2D eigenvalue weighted by Crippen LogP contribution is -2.09. The SMILES string of the molecule is COC(=O)c1c(-c2ccccn2)nn(C)c1/N=N/c1c(C)nn(-c2cc(-n3nc(C)c(/N=N/c4c(C(=O)OC)c(-c5ccccn5)nn4C)c3N)ncn2)c1N. The van der Waals surface area contributed by atoms with Gasteiger partial charge in [0.2, 0.25) is 0 Å². The molecule has 0 aliphatic rings. The number of azo groups is 2. The van der Waals surface area contributed by atoms with Crippen LogP contribution in [0.2, 0.25) is 0 Å². The molecule has 7 aromatic heterocycles. The third kappa shape index (κ3) is 6.46. The molecule has 0 radical (unpaired) electrons. The molecule has 0 aromatic carbocycles. The summed E-state index contributed by atoms with van der Waals surface area (Å²) in [6.07, 6.45) is 4.46. The number of carbonyl (C=O) groups is 2. The number of hydrogen-bond acceptors (Lipinski definition) is 18. The van der Waals surface area contributed by atoms with Gasteiger partial charge in [0.05, 0.1) is 37.0 Å². The van der Waals surface area contributed by atoms with Gasteiger partial charge in [0, 0.05) is 32.6 Å². The second-order valence-corrected chi connectivity index (χ2v) is 11.9. The van der Waals surface area contributed by atoms with Crippen molar-refractivity contribution >= 4 is 46.6 Å². The predicted molar refractivity (Wildman–Crippen MR) is 198 cm³/mol. The van der Waals surface area contributed by atoms with Crippen molar-refractivity contribution in [1.29, 1.82) is 0 Å². The van der Waals surface area contributed by atoms with Crippen LogP contribution in [0, 0.1) is 13.8 Å². The van der Waals surface area contributed by atoms with Crippen LogP contribution in [-0.2, 0) is 23.6 Å². The molecule has 0 atom stereocenters. The van der Waals surface area contributed by atoms with Gasteiger partial charge in [-0.25, -0.2) is 28.9 Å². The Morgan fingerprint density at radius 1 is 0.625 bits per heavy atom. The first kappa shape index (κ1) is 36.3. The van der Waals surface area contributed by atoms with E-state index < -0.39 is 11.9 Å². The molecule has 0 saturated carbocycles. The molecule has 4 N–H and O–H groups in total.